The number of aliphatic hydroxyl groups is 1. The van der Waals surface area contributed by atoms with Crippen LogP contribution in [-0.4, -0.2) is 23.3 Å². The molecule has 0 aliphatic carbocycles. The molecule has 2 N–H and O–H groups in total. The third-order valence-electron chi connectivity index (χ3n) is 3.09. The second-order valence-electron chi connectivity index (χ2n) is 4.08. The van der Waals surface area contributed by atoms with Crippen molar-refractivity contribution in [3.8, 4) is 6.07 Å². The van der Waals surface area contributed by atoms with Crippen molar-refractivity contribution in [2.24, 2.45) is 5.92 Å². The zero-order valence-electron chi connectivity index (χ0n) is 8.38. The number of nitriles is 1. The van der Waals surface area contributed by atoms with E-state index in [2.05, 4.69) is 11.4 Å². The van der Waals surface area contributed by atoms with Gasteiger partial charge in [-0.3, -0.25) is 0 Å². The average Bonchev–Trinajstić information content (AvgIpc) is 2.18. The summed E-state index contributed by atoms with van der Waals surface area (Å²) in [6, 6.07) is 2.19. The van der Waals surface area contributed by atoms with Crippen molar-refractivity contribution >= 4 is 0 Å². The van der Waals surface area contributed by atoms with Gasteiger partial charge in [-0.25, -0.2) is 0 Å². The highest BCUT2D eigenvalue weighted by Crippen LogP contribution is 2.25. The molecule has 1 aliphatic rings. The lowest BCUT2D eigenvalue weighted by molar-refractivity contribution is -0.0182. The summed E-state index contributed by atoms with van der Waals surface area (Å²) in [6.07, 6.45) is 3.29. The molecule has 0 aromatic rings. The number of piperidine rings is 1. The molecule has 0 aromatic heterocycles. The maximum atomic E-state index is 10.1. The number of hydrogen-bond acceptors (Lipinski definition) is 3. The van der Waals surface area contributed by atoms with Gasteiger partial charge in [0.2, 0.25) is 0 Å². The molecule has 74 valence electrons. The number of rotatable bonds is 2. The predicted octanol–water partition coefficient (Wildman–Crippen LogP) is 1.04. The maximum absolute atomic E-state index is 10.1. The van der Waals surface area contributed by atoms with Crippen LogP contribution in [0.25, 0.3) is 0 Å². The van der Waals surface area contributed by atoms with Gasteiger partial charge in [0, 0.05) is 6.04 Å². The molecule has 0 amide bonds. The number of nitrogens with zero attached hydrogens (tertiary/aromatic N) is 1. The third kappa shape index (κ3) is 2.20. The smallest absolute Gasteiger partial charge is 0.0926 e. The summed E-state index contributed by atoms with van der Waals surface area (Å²) in [5, 5.41) is 22.2. The van der Waals surface area contributed by atoms with E-state index in [0.717, 1.165) is 19.4 Å². The molecule has 1 rings (SSSR count). The highest BCUT2D eigenvalue weighted by Gasteiger charge is 2.37. The molecule has 13 heavy (non-hydrogen) atoms. The van der Waals surface area contributed by atoms with Gasteiger partial charge < -0.3 is 10.4 Å². The SMILES string of the molecule is CC(C#N)C(C)(O)C1CCCCN1. The fraction of sp³-hybridized carbons (Fsp3) is 0.900. The van der Waals surface area contributed by atoms with Crippen molar-refractivity contribution in [2.75, 3.05) is 6.54 Å². The summed E-state index contributed by atoms with van der Waals surface area (Å²) in [4.78, 5) is 0. The van der Waals surface area contributed by atoms with E-state index >= 15 is 0 Å². The molecule has 0 saturated carbocycles. The Labute approximate surface area is 79.8 Å². The molecular formula is C10H18N2O. The van der Waals surface area contributed by atoms with Gasteiger partial charge in [0.25, 0.3) is 0 Å². The number of nitrogens with one attached hydrogen (secondary N) is 1. The van der Waals surface area contributed by atoms with Gasteiger partial charge >= 0.3 is 0 Å². The minimum absolute atomic E-state index is 0.0795. The molecule has 3 unspecified atom stereocenters. The lowest BCUT2D eigenvalue weighted by atomic mass is 9.81. The monoisotopic (exact) mass is 182 g/mol. The zero-order valence-corrected chi connectivity index (χ0v) is 8.38. The largest absolute Gasteiger partial charge is 0.387 e. The molecule has 1 aliphatic heterocycles. The summed E-state index contributed by atoms with van der Waals surface area (Å²) in [5.74, 6) is -0.317. The van der Waals surface area contributed by atoms with Crippen molar-refractivity contribution in [2.45, 2.75) is 44.8 Å². The quantitative estimate of drug-likeness (QED) is 0.671. The number of hydrogen-bond donors (Lipinski definition) is 2. The van der Waals surface area contributed by atoms with Crippen LogP contribution in [-0.2, 0) is 0 Å². The van der Waals surface area contributed by atoms with Gasteiger partial charge in [0.1, 0.15) is 0 Å². The molecule has 3 atom stereocenters. The predicted molar refractivity (Wildman–Crippen MR) is 51.0 cm³/mol. The van der Waals surface area contributed by atoms with E-state index in [4.69, 9.17) is 5.26 Å². The van der Waals surface area contributed by atoms with E-state index in [-0.39, 0.29) is 12.0 Å². The Morgan fingerprint density at radius 3 is 2.77 bits per heavy atom. The van der Waals surface area contributed by atoms with Crippen molar-refractivity contribution in [3.05, 3.63) is 0 Å². The first-order chi connectivity index (χ1) is 6.09. The molecule has 1 heterocycles. The van der Waals surface area contributed by atoms with Gasteiger partial charge in [0.15, 0.2) is 0 Å². The second-order valence-corrected chi connectivity index (χ2v) is 4.08. The van der Waals surface area contributed by atoms with Crippen LogP contribution < -0.4 is 5.32 Å². The zero-order chi connectivity index (χ0) is 9.90. The summed E-state index contributed by atoms with van der Waals surface area (Å²) in [5.41, 5.74) is -0.894. The second kappa shape index (κ2) is 4.08. The fourth-order valence-electron chi connectivity index (χ4n) is 1.78. The summed E-state index contributed by atoms with van der Waals surface area (Å²) >= 11 is 0. The van der Waals surface area contributed by atoms with Crippen LogP contribution in [0.2, 0.25) is 0 Å². The van der Waals surface area contributed by atoms with Crippen LogP contribution in [0.4, 0.5) is 0 Å². The minimum Gasteiger partial charge on any atom is -0.387 e. The Morgan fingerprint density at radius 2 is 2.31 bits per heavy atom. The summed E-state index contributed by atoms with van der Waals surface area (Å²) < 4.78 is 0. The van der Waals surface area contributed by atoms with Gasteiger partial charge in [0.05, 0.1) is 17.6 Å². The van der Waals surface area contributed by atoms with Crippen LogP contribution in [0, 0.1) is 17.2 Å². The summed E-state index contributed by atoms with van der Waals surface area (Å²) in [6.45, 7) is 4.49. The van der Waals surface area contributed by atoms with E-state index in [9.17, 15) is 5.11 Å². The normalized spacial score (nSPS) is 30.2. The summed E-state index contributed by atoms with van der Waals surface area (Å²) in [7, 11) is 0. The lowest BCUT2D eigenvalue weighted by Crippen LogP contribution is -2.54. The molecule has 3 nitrogen and oxygen atoms in total. The molecule has 0 bridgehead atoms. The average molecular weight is 182 g/mol. The standard InChI is InChI=1S/C10H18N2O/c1-8(7-11)10(2,13)9-5-3-4-6-12-9/h8-9,12-13H,3-6H2,1-2H3. The third-order valence-corrected chi connectivity index (χ3v) is 3.09. The van der Waals surface area contributed by atoms with Crippen molar-refractivity contribution in [3.63, 3.8) is 0 Å². The molecule has 0 radical (unpaired) electrons. The molecule has 0 spiro atoms. The molecular weight excluding hydrogens is 164 g/mol. The van der Waals surface area contributed by atoms with Gasteiger partial charge in [-0.2, -0.15) is 5.26 Å². The van der Waals surface area contributed by atoms with Gasteiger partial charge in [-0.15, -0.1) is 0 Å². The first-order valence-electron chi connectivity index (χ1n) is 4.94. The maximum Gasteiger partial charge on any atom is 0.0926 e. The van der Waals surface area contributed by atoms with E-state index in [1.54, 1.807) is 13.8 Å². The Morgan fingerprint density at radius 1 is 1.62 bits per heavy atom. The van der Waals surface area contributed by atoms with Gasteiger partial charge in [-0.05, 0) is 33.2 Å². The molecule has 1 saturated heterocycles. The van der Waals surface area contributed by atoms with Crippen molar-refractivity contribution < 1.29 is 5.11 Å². The lowest BCUT2D eigenvalue weighted by Gasteiger charge is -2.38. The van der Waals surface area contributed by atoms with E-state index < -0.39 is 5.60 Å². The highest BCUT2D eigenvalue weighted by atomic mass is 16.3. The molecule has 3 heteroatoms. The van der Waals surface area contributed by atoms with Crippen LogP contribution in [0.15, 0.2) is 0 Å². The van der Waals surface area contributed by atoms with Crippen LogP contribution in [0.1, 0.15) is 33.1 Å². The van der Waals surface area contributed by atoms with Crippen molar-refractivity contribution in [1.29, 1.82) is 5.26 Å². The first kappa shape index (κ1) is 10.5. The van der Waals surface area contributed by atoms with Gasteiger partial charge in [-0.1, -0.05) is 6.42 Å². The topological polar surface area (TPSA) is 56.0 Å². The Balaban J connectivity index is 2.62. The Hall–Kier alpha value is -0.590. The van der Waals surface area contributed by atoms with Crippen LogP contribution in [0.3, 0.4) is 0 Å². The van der Waals surface area contributed by atoms with Crippen LogP contribution >= 0.6 is 0 Å². The molecule has 0 aromatic carbocycles. The minimum atomic E-state index is -0.894. The molecule has 1 fully saturated rings. The first-order valence-corrected chi connectivity index (χ1v) is 4.94. The van der Waals surface area contributed by atoms with Crippen LogP contribution in [0.5, 0.6) is 0 Å². The Kier molecular flexibility index (Phi) is 3.29. The van der Waals surface area contributed by atoms with E-state index in [1.165, 1.54) is 6.42 Å². The highest BCUT2D eigenvalue weighted by molar-refractivity contribution is 5.01. The van der Waals surface area contributed by atoms with Crippen molar-refractivity contribution in [1.82, 2.24) is 5.32 Å². The fourth-order valence-corrected chi connectivity index (χ4v) is 1.78. The Bertz CT molecular complexity index is 201. The van der Waals surface area contributed by atoms with E-state index in [1.807, 2.05) is 0 Å². The van der Waals surface area contributed by atoms with E-state index in [0.29, 0.717) is 0 Å².